The van der Waals surface area contributed by atoms with Crippen LogP contribution in [0.25, 0.3) is 0 Å². The van der Waals surface area contributed by atoms with Gasteiger partial charge < -0.3 is 15.8 Å². The third-order valence-electron chi connectivity index (χ3n) is 2.80. The van der Waals surface area contributed by atoms with E-state index < -0.39 is 18.6 Å². The van der Waals surface area contributed by atoms with Crippen LogP contribution >= 0.6 is 0 Å². The van der Waals surface area contributed by atoms with E-state index in [9.17, 15) is 18.0 Å². The molecule has 0 aromatic rings. The molecule has 19 heavy (non-hydrogen) atoms. The van der Waals surface area contributed by atoms with E-state index >= 15 is 0 Å². The lowest BCUT2D eigenvalue weighted by molar-refractivity contribution is -0.148. The molecule has 0 bridgehead atoms. The van der Waals surface area contributed by atoms with Crippen molar-refractivity contribution in [3.63, 3.8) is 0 Å². The van der Waals surface area contributed by atoms with Crippen LogP contribution < -0.4 is 11.1 Å². The van der Waals surface area contributed by atoms with Crippen molar-refractivity contribution < 1.29 is 22.7 Å². The van der Waals surface area contributed by atoms with E-state index in [0.717, 1.165) is 4.90 Å². The third-order valence-corrected chi connectivity index (χ3v) is 2.80. The topological polar surface area (TPSA) is 67.6 Å². The van der Waals surface area contributed by atoms with E-state index in [1.165, 1.54) is 0 Å². The van der Waals surface area contributed by atoms with E-state index in [2.05, 4.69) is 5.32 Å². The van der Waals surface area contributed by atoms with Crippen LogP contribution in [-0.2, 0) is 9.53 Å². The van der Waals surface area contributed by atoms with Crippen molar-refractivity contribution >= 4 is 5.91 Å². The Balaban J connectivity index is 2.37. The van der Waals surface area contributed by atoms with Gasteiger partial charge in [-0.3, -0.25) is 9.69 Å². The summed E-state index contributed by atoms with van der Waals surface area (Å²) >= 11 is 0. The van der Waals surface area contributed by atoms with Gasteiger partial charge in [-0.15, -0.1) is 0 Å². The van der Waals surface area contributed by atoms with Gasteiger partial charge in [0.1, 0.15) is 0 Å². The molecule has 0 unspecified atom stereocenters. The molecule has 1 fully saturated rings. The van der Waals surface area contributed by atoms with Gasteiger partial charge in [0.15, 0.2) is 0 Å². The number of carbonyl (C=O) groups is 1. The molecule has 0 aliphatic carbocycles. The molecular weight excluding hydrogens is 263 g/mol. The molecule has 1 aliphatic rings. The maximum Gasteiger partial charge on any atom is 0.401 e. The van der Waals surface area contributed by atoms with E-state index in [1.807, 2.05) is 0 Å². The minimum Gasteiger partial charge on any atom is -0.381 e. The molecule has 5 nitrogen and oxygen atoms in total. The Kier molecular flexibility index (Phi) is 6.53. The molecule has 0 atom stereocenters. The number of amides is 1. The maximum atomic E-state index is 12.3. The number of nitrogens with zero attached hydrogens (tertiary/aromatic N) is 1. The molecule has 1 rings (SSSR count). The van der Waals surface area contributed by atoms with Crippen molar-refractivity contribution in [1.29, 1.82) is 0 Å². The Bertz CT molecular complexity index is 281. The molecule has 0 aromatic carbocycles. The average molecular weight is 283 g/mol. The number of hydrogen-bond acceptors (Lipinski definition) is 4. The fourth-order valence-electron chi connectivity index (χ4n) is 1.97. The first-order chi connectivity index (χ1) is 8.90. The van der Waals surface area contributed by atoms with E-state index in [0.29, 0.717) is 26.1 Å². The van der Waals surface area contributed by atoms with Gasteiger partial charge in [-0.25, -0.2) is 0 Å². The predicted molar refractivity (Wildman–Crippen MR) is 63.5 cm³/mol. The minimum absolute atomic E-state index is 0.00753. The summed E-state index contributed by atoms with van der Waals surface area (Å²) in [7, 11) is 0. The Hall–Kier alpha value is -0.860. The van der Waals surface area contributed by atoms with Gasteiger partial charge in [0.2, 0.25) is 5.91 Å². The lowest BCUT2D eigenvalue weighted by atomic mass is 10.1. The van der Waals surface area contributed by atoms with Gasteiger partial charge in [-0.2, -0.15) is 13.2 Å². The van der Waals surface area contributed by atoms with E-state index in [-0.39, 0.29) is 25.7 Å². The highest BCUT2D eigenvalue weighted by molar-refractivity contribution is 5.78. The Morgan fingerprint density at radius 3 is 2.53 bits per heavy atom. The summed E-state index contributed by atoms with van der Waals surface area (Å²) < 4.78 is 42.1. The minimum atomic E-state index is -4.33. The number of nitrogens with one attached hydrogen (secondary N) is 1. The van der Waals surface area contributed by atoms with Crippen LogP contribution in [0.4, 0.5) is 13.2 Å². The lowest BCUT2D eigenvalue weighted by Gasteiger charge is -2.26. The standard InChI is InChI=1S/C11H20F3N3O2/c12-11(13,14)8-17(4-3-15)7-10(18)16-9-1-5-19-6-2-9/h9H,1-8,15H2,(H,16,18). The first-order valence-corrected chi connectivity index (χ1v) is 6.27. The van der Waals surface area contributed by atoms with Gasteiger partial charge in [-0.05, 0) is 12.8 Å². The highest BCUT2D eigenvalue weighted by atomic mass is 19.4. The second kappa shape index (κ2) is 7.66. The fraction of sp³-hybridized carbons (Fsp3) is 0.909. The van der Waals surface area contributed by atoms with E-state index in [4.69, 9.17) is 10.5 Å². The second-order valence-electron chi connectivity index (χ2n) is 4.57. The zero-order valence-corrected chi connectivity index (χ0v) is 10.7. The number of rotatable bonds is 6. The quantitative estimate of drug-likeness (QED) is 0.726. The summed E-state index contributed by atoms with van der Waals surface area (Å²) in [6.45, 7) is -0.138. The van der Waals surface area contributed by atoms with Gasteiger partial charge in [0.25, 0.3) is 0 Å². The van der Waals surface area contributed by atoms with Gasteiger partial charge >= 0.3 is 6.18 Å². The summed E-state index contributed by atoms with van der Waals surface area (Å²) in [6, 6.07) is -0.00753. The summed E-state index contributed by atoms with van der Waals surface area (Å²) in [5.41, 5.74) is 5.25. The number of nitrogens with two attached hydrogens (primary N) is 1. The molecule has 1 heterocycles. The van der Waals surface area contributed by atoms with Crippen LogP contribution in [0.2, 0.25) is 0 Å². The molecule has 112 valence electrons. The molecule has 0 spiro atoms. The summed E-state index contributed by atoms with van der Waals surface area (Å²) in [6.07, 6.45) is -2.93. The number of carbonyl (C=O) groups excluding carboxylic acids is 1. The Morgan fingerprint density at radius 2 is 2.00 bits per heavy atom. The van der Waals surface area contributed by atoms with Crippen LogP contribution in [0.15, 0.2) is 0 Å². The highest BCUT2D eigenvalue weighted by Crippen LogP contribution is 2.16. The number of ether oxygens (including phenoxy) is 1. The van der Waals surface area contributed by atoms with Gasteiger partial charge in [0, 0.05) is 32.3 Å². The fourth-order valence-corrected chi connectivity index (χ4v) is 1.97. The summed E-state index contributed by atoms with van der Waals surface area (Å²) in [5.74, 6) is -0.399. The van der Waals surface area contributed by atoms with Crippen LogP contribution in [0.3, 0.4) is 0 Å². The smallest absolute Gasteiger partial charge is 0.381 e. The SMILES string of the molecule is NCCN(CC(=O)NC1CCOCC1)CC(F)(F)F. The van der Waals surface area contributed by atoms with Crippen LogP contribution in [0.5, 0.6) is 0 Å². The lowest BCUT2D eigenvalue weighted by Crippen LogP contribution is -2.47. The molecule has 1 aliphatic heterocycles. The Morgan fingerprint density at radius 1 is 1.37 bits per heavy atom. The first-order valence-electron chi connectivity index (χ1n) is 6.27. The van der Waals surface area contributed by atoms with Crippen LogP contribution in [0.1, 0.15) is 12.8 Å². The van der Waals surface area contributed by atoms with E-state index in [1.54, 1.807) is 0 Å². The van der Waals surface area contributed by atoms with Crippen molar-refractivity contribution in [2.75, 3.05) is 39.4 Å². The second-order valence-corrected chi connectivity index (χ2v) is 4.57. The highest BCUT2D eigenvalue weighted by Gasteiger charge is 2.31. The number of alkyl halides is 3. The summed E-state index contributed by atoms with van der Waals surface area (Å²) in [4.78, 5) is 12.7. The molecule has 8 heteroatoms. The van der Waals surface area contributed by atoms with Crippen molar-refractivity contribution in [1.82, 2.24) is 10.2 Å². The molecule has 0 aromatic heterocycles. The molecule has 1 amide bonds. The van der Waals surface area contributed by atoms with Gasteiger partial charge in [-0.1, -0.05) is 0 Å². The Labute approximate surface area is 110 Å². The van der Waals surface area contributed by atoms with Crippen molar-refractivity contribution in [3.8, 4) is 0 Å². The maximum absolute atomic E-state index is 12.3. The molecular formula is C11H20F3N3O2. The average Bonchev–Trinajstić information content (AvgIpc) is 2.28. The summed E-state index contributed by atoms with van der Waals surface area (Å²) in [5, 5.41) is 2.72. The zero-order chi connectivity index (χ0) is 14.3. The first kappa shape index (κ1) is 16.2. The molecule has 0 radical (unpaired) electrons. The van der Waals surface area contributed by atoms with Gasteiger partial charge in [0.05, 0.1) is 13.1 Å². The van der Waals surface area contributed by atoms with Crippen molar-refractivity contribution in [3.05, 3.63) is 0 Å². The molecule has 3 N–H and O–H groups in total. The normalized spacial score (nSPS) is 17.7. The molecule has 0 saturated carbocycles. The van der Waals surface area contributed by atoms with Crippen LogP contribution in [0, 0.1) is 0 Å². The van der Waals surface area contributed by atoms with Crippen molar-refractivity contribution in [2.45, 2.75) is 25.1 Å². The largest absolute Gasteiger partial charge is 0.401 e. The number of hydrogen-bond donors (Lipinski definition) is 2. The van der Waals surface area contributed by atoms with Crippen LogP contribution in [-0.4, -0.2) is 62.4 Å². The monoisotopic (exact) mass is 283 g/mol. The zero-order valence-electron chi connectivity index (χ0n) is 10.7. The van der Waals surface area contributed by atoms with Crippen molar-refractivity contribution in [2.24, 2.45) is 5.73 Å². The third kappa shape index (κ3) is 7.34. The molecule has 1 saturated heterocycles. The number of halogens is 3. The predicted octanol–water partition coefficient (Wildman–Crippen LogP) is 0.105.